The van der Waals surface area contributed by atoms with Gasteiger partial charge in [0, 0.05) is 29.3 Å². The molecule has 0 unspecified atom stereocenters. The highest BCUT2D eigenvalue weighted by molar-refractivity contribution is 9.10. The minimum Gasteiger partial charge on any atom is -0.503 e. The molecule has 0 aliphatic carbocycles. The Morgan fingerprint density at radius 3 is 2.73 bits per heavy atom. The van der Waals surface area contributed by atoms with E-state index < -0.39 is 5.43 Å². The van der Waals surface area contributed by atoms with E-state index in [1.807, 2.05) is 22.9 Å². The second kappa shape index (κ2) is 7.25. The van der Waals surface area contributed by atoms with E-state index >= 15 is 0 Å². The number of benzene rings is 2. The standard InChI is InChI=1S/C23H19BrN4O2/c1-14-5-7-15(8-6-14)20(16-3-2-4-17(24)11-16)18-13-27-10-9-25-23(27)21-22(30)19(29)12-26-28(18)21/h2-12,18,20,30H,13H2,1H3/t18-,20+/m1/s1. The molecule has 6 nitrogen and oxygen atoms in total. The predicted molar refractivity (Wildman–Crippen MR) is 118 cm³/mol. The zero-order chi connectivity index (χ0) is 20.8. The number of hydrogen-bond donors (Lipinski definition) is 1. The summed E-state index contributed by atoms with van der Waals surface area (Å²) in [6, 6.07) is 16.5. The van der Waals surface area contributed by atoms with Crippen LogP contribution in [0.15, 0.2) is 76.4 Å². The summed E-state index contributed by atoms with van der Waals surface area (Å²) in [6.07, 6.45) is 4.73. The lowest BCUT2D eigenvalue weighted by Crippen LogP contribution is -2.32. The summed E-state index contributed by atoms with van der Waals surface area (Å²) in [6.45, 7) is 2.68. The quantitative estimate of drug-likeness (QED) is 0.493. The largest absolute Gasteiger partial charge is 0.503 e. The summed E-state index contributed by atoms with van der Waals surface area (Å²) in [7, 11) is 0. The zero-order valence-corrected chi connectivity index (χ0v) is 17.8. The van der Waals surface area contributed by atoms with Gasteiger partial charge in [-0.15, -0.1) is 0 Å². The molecular formula is C23H19BrN4O2. The third kappa shape index (κ3) is 3.06. The van der Waals surface area contributed by atoms with Gasteiger partial charge in [0.05, 0.1) is 12.2 Å². The van der Waals surface area contributed by atoms with Gasteiger partial charge in [0.25, 0.3) is 0 Å². The monoisotopic (exact) mass is 462 g/mol. The van der Waals surface area contributed by atoms with Crippen molar-refractivity contribution in [2.45, 2.75) is 25.4 Å². The second-order valence-corrected chi connectivity index (χ2v) is 8.48. The fraction of sp³-hybridized carbons (Fsp3) is 0.174. The zero-order valence-electron chi connectivity index (χ0n) is 16.2. The fourth-order valence-electron chi connectivity index (χ4n) is 4.23. The molecular weight excluding hydrogens is 444 g/mol. The predicted octanol–water partition coefficient (Wildman–Crippen LogP) is 4.27. The Bertz CT molecular complexity index is 1290. The van der Waals surface area contributed by atoms with Crippen LogP contribution in [0, 0.1) is 6.92 Å². The van der Waals surface area contributed by atoms with Crippen LogP contribution >= 0.6 is 15.9 Å². The maximum atomic E-state index is 12.2. The van der Waals surface area contributed by atoms with E-state index in [0.717, 1.165) is 15.6 Å². The third-order valence-corrected chi connectivity index (χ3v) is 6.13. The van der Waals surface area contributed by atoms with Crippen molar-refractivity contribution in [3.05, 3.63) is 98.5 Å². The molecule has 3 heterocycles. The molecule has 0 fully saturated rings. The summed E-state index contributed by atoms with van der Waals surface area (Å²) in [4.78, 5) is 16.5. The van der Waals surface area contributed by atoms with E-state index in [0.29, 0.717) is 18.1 Å². The normalized spacial score (nSPS) is 16.0. The molecule has 2 aromatic heterocycles. The van der Waals surface area contributed by atoms with E-state index in [1.54, 1.807) is 10.9 Å². The van der Waals surface area contributed by atoms with E-state index in [2.05, 4.69) is 69.3 Å². The molecule has 7 heteroatoms. The first kappa shape index (κ1) is 18.8. The third-order valence-electron chi connectivity index (χ3n) is 5.64. The number of halogens is 1. The van der Waals surface area contributed by atoms with Gasteiger partial charge in [0.2, 0.25) is 5.43 Å². The van der Waals surface area contributed by atoms with Gasteiger partial charge in [0.15, 0.2) is 11.6 Å². The van der Waals surface area contributed by atoms with Gasteiger partial charge in [-0.2, -0.15) is 5.10 Å². The number of aromatic hydroxyl groups is 1. The summed E-state index contributed by atoms with van der Waals surface area (Å²) >= 11 is 3.59. The van der Waals surface area contributed by atoms with Crippen molar-refractivity contribution >= 4 is 15.9 Å². The van der Waals surface area contributed by atoms with E-state index in [9.17, 15) is 9.90 Å². The van der Waals surface area contributed by atoms with Gasteiger partial charge in [-0.25, -0.2) is 4.98 Å². The van der Waals surface area contributed by atoms with Crippen molar-refractivity contribution < 1.29 is 5.11 Å². The SMILES string of the molecule is Cc1ccc([C@@H](c2cccc(Br)c2)[C@H]2Cn3ccnc3-c3c(O)c(=O)cnn32)cc1. The van der Waals surface area contributed by atoms with Gasteiger partial charge in [0.1, 0.15) is 5.69 Å². The fourth-order valence-corrected chi connectivity index (χ4v) is 4.65. The maximum absolute atomic E-state index is 12.2. The summed E-state index contributed by atoms with van der Waals surface area (Å²) < 4.78 is 4.72. The molecule has 1 aliphatic heterocycles. The average molecular weight is 463 g/mol. The summed E-state index contributed by atoms with van der Waals surface area (Å²) in [5.74, 6) is 0.177. The Hall–Kier alpha value is -3.19. The van der Waals surface area contributed by atoms with Crippen LogP contribution in [-0.4, -0.2) is 24.4 Å². The Kier molecular flexibility index (Phi) is 4.55. The minimum absolute atomic E-state index is 0.0493. The minimum atomic E-state index is -0.509. The van der Waals surface area contributed by atoms with E-state index in [4.69, 9.17) is 0 Å². The molecule has 2 aromatic carbocycles. The number of aryl methyl sites for hydroxylation is 1. The lowest BCUT2D eigenvalue weighted by molar-refractivity contribution is 0.331. The van der Waals surface area contributed by atoms with Gasteiger partial charge in [-0.3, -0.25) is 9.48 Å². The molecule has 2 atom stereocenters. The Morgan fingerprint density at radius 1 is 1.17 bits per heavy atom. The van der Waals surface area contributed by atoms with Crippen molar-refractivity contribution in [2.75, 3.05) is 0 Å². The first-order chi connectivity index (χ1) is 14.5. The van der Waals surface area contributed by atoms with Crippen molar-refractivity contribution in [2.24, 2.45) is 0 Å². The first-order valence-corrected chi connectivity index (χ1v) is 10.5. The van der Waals surface area contributed by atoms with Crippen molar-refractivity contribution in [3.8, 4) is 17.3 Å². The molecule has 5 rings (SSSR count). The molecule has 150 valence electrons. The van der Waals surface area contributed by atoms with Gasteiger partial charge in [-0.1, -0.05) is 57.9 Å². The van der Waals surface area contributed by atoms with E-state index in [-0.39, 0.29) is 17.7 Å². The van der Waals surface area contributed by atoms with Crippen LogP contribution in [0.4, 0.5) is 0 Å². The lowest BCUT2D eigenvalue weighted by atomic mass is 9.84. The molecule has 0 saturated heterocycles. The van der Waals surface area contributed by atoms with Crippen LogP contribution in [0.25, 0.3) is 11.5 Å². The Balaban J connectivity index is 1.76. The Labute approximate surface area is 181 Å². The number of imidazole rings is 1. The summed E-state index contributed by atoms with van der Waals surface area (Å²) in [5, 5.41) is 15.0. The number of nitrogens with zero attached hydrogens (tertiary/aromatic N) is 4. The molecule has 0 amide bonds. The number of rotatable bonds is 3. The van der Waals surface area contributed by atoms with Crippen molar-refractivity contribution in [3.63, 3.8) is 0 Å². The van der Waals surface area contributed by atoms with Crippen LogP contribution in [0.1, 0.15) is 28.7 Å². The van der Waals surface area contributed by atoms with Crippen LogP contribution < -0.4 is 5.43 Å². The number of fused-ring (bicyclic) bond motifs is 3. The van der Waals surface area contributed by atoms with Gasteiger partial charge >= 0.3 is 0 Å². The molecule has 1 aliphatic rings. The molecule has 0 bridgehead atoms. The molecule has 1 N–H and O–H groups in total. The maximum Gasteiger partial charge on any atom is 0.242 e. The smallest absolute Gasteiger partial charge is 0.242 e. The van der Waals surface area contributed by atoms with Crippen molar-refractivity contribution in [1.29, 1.82) is 0 Å². The van der Waals surface area contributed by atoms with Crippen LogP contribution in [-0.2, 0) is 6.54 Å². The molecule has 30 heavy (non-hydrogen) atoms. The summed E-state index contributed by atoms with van der Waals surface area (Å²) in [5.41, 5.74) is 3.29. The second-order valence-electron chi connectivity index (χ2n) is 7.56. The van der Waals surface area contributed by atoms with Crippen LogP contribution in [0.3, 0.4) is 0 Å². The number of aromatic nitrogens is 4. The first-order valence-electron chi connectivity index (χ1n) is 9.67. The van der Waals surface area contributed by atoms with Crippen molar-refractivity contribution in [1.82, 2.24) is 19.3 Å². The topological polar surface area (TPSA) is 72.9 Å². The van der Waals surface area contributed by atoms with Crippen LogP contribution in [0.2, 0.25) is 0 Å². The molecule has 0 radical (unpaired) electrons. The highest BCUT2D eigenvalue weighted by atomic mass is 79.9. The molecule has 0 spiro atoms. The lowest BCUT2D eigenvalue weighted by Gasteiger charge is -2.34. The van der Waals surface area contributed by atoms with Gasteiger partial charge in [-0.05, 0) is 30.2 Å². The van der Waals surface area contributed by atoms with Crippen LogP contribution in [0.5, 0.6) is 5.75 Å². The number of hydrogen-bond acceptors (Lipinski definition) is 4. The van der Waals surface area contributed by atoms with E-state index in [1.165, 1.54) is 11.8 Å². The average Bonchev–Trinajstić information content (AvgIpc) is 3.20. The Morgan fingerprint density at radius 2 is 1.97 bits per heavy atom. The molecule has 4 aromatic rings. The van der Waals surface area contributed by atoms with Gasteiger partial charge < -0.3 is 9.67 Å². The molecule has 0 saturated carbocycles. The highest BCUT2D eigenvalue weighted by Gasteiger charge is 2.35. The highest BCUT2D eigenvalue weighted by Crippen LogP contribution is 2.42.